The summed E-state index contributed by atoms with van der Waals surface area (Å²) in [6, 6.07) is 8.17. The SMILES string of the molecule is CC(NC(c1ccccc1/C=C1/SC(=O)NC1=O)C1CCC(F)CC1)C1CCC(F)CC1. The van der Waals surface area contributed by atoms with Crippen LogP contribution in [0.5, 0.6) is 0 Å². The highest BCUT2D eigenvalue weighted by atomic mass is 32.2. The van der Waals surface area contributed by atoms with Crippen molar-refractivity contribution in [3.8, 4) is 0 Å². The maximum absolute atomic E-state index is 13.9. The Labute approximate surface area is 193 Å². The summed E-state index contributed by atoms with van der Waals surface area (Å²) in [5.41, 5.74) is 1.97. The van der Waals surface area contributed by atoms with Crippen molar-refractivity contribution < 1.29 is 18.4 Å². The van der Waals surface area contributed by atoms with Crippen LogP contribution < -0.4 is 10.6 Å². The summed E-state index contributed by atoms with van der Waals surface area (Å²) in [6.07, 6.45) is 6.13. The molecule has 2 amide bonds. The monoisotopic (exact) mass is 462 g/mol. The highest BCUT2D eigenvalue weighted by Crippen LogP contribution is 2.39. The summed E-state index contributed by atoms with van der Waals surface area (Å²) in [4.78, 5) is 24.1. The van der Waals surface area contributed by atoms with Crippen LogP contribution >= 0.6 is 11.8 Å². The van der Waals surface area contributed by atoms with Crippen LogP contribution in [0.25, 0.3) is 6.08 Å². The van der Waals surface area contributed by atoms with Gasteiger partial charge in [0.2, 0.25) is 0 Å². The van der Waals surface area contributed by atoms with Gasteiger partial charge in [-0.05, 0) is 99.1 Å². The van der Waals surface area contributed by atoms with Gasteiger partial charge >= 0.3 is 0 Å². The molecule has 0 radical (unpaired) electrons. The Morgan fingerprint density at radius 1 is 0.969 bits per heavy atom. The second-order valence-corrected chi connectivity index (χ2v) is 10.5. The predicted molar refractivity (Wildman–Crippen MR) is 125 cm³/mol. The molecule has 0 aromatic heterocycles. The van der Waals surface area contributed by atoms with Gasteiger partial charge in [-0.1, -0.05) is 24.3 Å². The fraction of sp³-hybridized carbons (Fsp3) is 0.600. The van der Waals surface area contributed by atoms with E-state index >= 15 is 0 Å². The van der Waals surface area contributed by atoms with Crippen LogP contribution in [0.1, 0.15) is 75.5 Å². The first-order chi connectivity index (χ1) is 15.4. The maximum atomic E-state index is 13.9. The molecule has 2 atom stereocenters. The van der Waals surface area contributed by atoms with Crippen LogP contribution in [-0.4, -0.2) is 29.5 Å². The highest BCUT2D eigenvalue weighted by molar-refractivity contribution is 8.18. The number of amides is 2. The van der Waals surface area contributed by atoms with Gasteiger partial charge < -0.3 is 5.32 Å². The molecule has 1 aromatic rings. The van der Waals surface area contributed by atoms with E-state index in [1.165, 1.54) is 0 Å². The zero-order chi connectivity index (χ0) is 22.7. The minimum atomic E-state index is -0.730. The Hall–Kier alpha value is -1.73. The van der Waals surface area contributed by atoms with Crippen molar-refractivity contribution in [1.29, 1.82) is 0 Å². The molecule has 4 nitrogen and oxygen atoms in total. The predicted octanol–water partition coefficient (Wildman–Crippen LogP) is 6.09. The number of halogens is 2. The summed E-state index contributed by atoms with van der Waals surface area (Å²) in [7, 11) is 0. The van der Waals surface area contributed by atoms with Crippen molar-refractivity contribution in [3.63, 3.8) is 0 Å². The lowest BCUT2D eigenvalue weighted by molar-refractivity contribution is -0.115. The fourth-order valence-corrected chi connectivity index (χ4v) is 6.05. The second kappa shape index (κ2) is 10.5. The molecular formula is C25H32F2N2O2S. The Morgan fingerprint density at radius 2 is 1.56 bits per heavy atom. The fourth-order valence-electron chi connectivity index (χ4n) is 5.38. The normalized spacial score (nSPS) is 32.0. The number of hydrogen-bond acceptors (Lipinski definition) is 4. The number of hydrogen-bond donors (Lipinski definition) is 2. The number of alkyl halides is 2. The van der Waals surface area contributed by atoms with Crippen molar-refractivity contribution in [3.05, 3.63) is 40.3 Å². The Bertz CT molecular complexity index is 861. The van der Waals surface area contributed by atoms with E-state index in [0.29, 0.717) is 36.5 Å². The first kappa shape index (κ1) is 23.4. The third-order valence-corrected chi connectivity index (χ3v) is 8.09. The van der Waals surface area contributed by atoms with Crippen LogP contribution in [0.4, 0.5) is 13.6 Å². The van der Waals surface area contributed by atoms with E-state index in [2.05, 4.69) is 23.6 Å². The van der Waals surface area contributed by atoms with E-state index in [4.69, 9.17) is 0 Å². The molecule has 1 saturated heterocycles. The average Bonchev–Trinajstić information content (AvgIpc) is 3.10. The van der Waals surface area contributed by atoms with E-state index in [-0.39, 0.29) is 29.1 Å². The third kappa shape index (κ3) is 5.60. The highest BCUT2D eigenvalue weighted by Gasteiger charge is 2.33. The minimum absolute atomic E-state index is 0.0128. The summed E-state index contributed by atoms with van der Waals surface area (Å²) in [5, 5.41) is 5.80. The first-order valence-corrected chi connectivity index (χ1v) is 12.6. The molecule has 2 aliphatic carbocycles. The van der Waals surface area contributed by atoms with Crippen LogP contribution in [0.3, 0.4) is 0 Å². The quantitative estimate of drug-likeness (QED) is 0.503. The van der Waals surface area contributed by atoms with Crippen LogP contribution in [0, 0.1) is 11.8 Å². The molecule has 7 heteroatoms. The number of nitrogens with one attached hydrogen (secondary N) is 2. The number of carbonyl (C=O) groups excluding carboxylic acids is 2. The van der Waals surface area contributed by atoms with Gasteiger partial charge in [-0.3, -0.25) is 14.9 Å². The lowest BCUT2D eigenvalue weighted by atomic mass is 9.77. The molecule has 0 bridgehead atoms. The van der Waals surface area contributed by atoms with Crippen molar-refractivity contribution in [2.75, 3.05) is 0 Å². The lowest BCUT2D eigenvalue weighted by Crippen LogP contribution is -2.42. The Morgan fingerprint density at radius 3 is 2.16 bits per heavy atom. The minimum Gasteiger partial charge on any atom is -0.307 e. The number of thioether (sulfide) groups is 1. The molecule has 3 aliphatic rings. The van der Waals surface area contributed by atoms with Gasteiger partial charge in [-0.2, -0.15) is 0 Å². The average molecular weight is 463 g/mol. The molecule has 1 aromatic carbocycles. The van der Waals surface area contributed by atoms with Crippen molar-refractivity contribution >= 4 is 29.0 Å². The molecule has 2 unspecified atom stereocenters. The first-order valence-electron chi connectivity index (χ1n) is 11.8. The molecule has 1 heterocycles. The van der Waals surface area contributed by atoms with E-state index in [1.54, 1.807) is 6.08 Å². The molecule has 2 N–H and O–H groups in total. The van der Waals surface area contributed by atoms with Gasteiger partial charge in [-0.25, -0.2) is 8.78 Å². The van der Waals surface area contributed by atoms with E-state index in [0.717, 1.165) is 48.6 Å². The van der Waals surface area contributed by atoms with Crippen molar-refractivity contribution in [2.45, 2.75) is 82.7 Å². The van der Waals surface area contributed by atoms with Gasteiger partial charge in [0.25, 0.3) is 11.1 Å². The second-order valence-electron chi connectivity index (χ2n) is 9.44. The standard InChI is InChI=1S/C25H32F2N2O2S/c1-15(16-6-10-19(26)11-7-16)28-23(17-8-12-20(27)13-9-17)21-5-3-2-4-18(21)14-22-24(30)29-25(31)32-22/h2-5,14-17,19-20,23,28H,6-13H2,1H3,(H,29,30,31)/b22-14+. The lowest BCUT2D eigenvalue weighted by Gasteiger charge is -2.38. The van der Waals surface area contributed by atoms with Crippen molar-refractivity contribution in [1.82, 2.24) is 10.6 Å². The van der Waals surface area contributed by atoms with Gasteiger partial charge in [0.05, 0.1) is 4.91 Å². The van der Waals surface area contributed by atoms with Crippen LogP contribution in [-0.2, 0) is 4.79 Å². The Kier molecular flexibility index (Phi) is 7.66. The third-order valence-electron chi connectivity index (χ3n) is 7.28. The molecular weight excluding hydrogens is 430 g/mol. The van der Waals surface area contributed by atoms with Gasteiger partial charge in [0.15, 0.2) is 0 Å². The largest absolute Gasteiger partial charge is 0.307 e. The van der Waals surface area contributed by atoms with E-state index in [9.17, 15) is 18.4 Å². The maximum Gasteiger partial charge on any atom is 0.290 e. The van der Waals surface area contributed by atoms with Crippen LogP contribution in [0.15, 0.2) is 29.2 Å². The summed E-state index contributed by atoms with van der Waals surface area (Å²) in [5.74, 6) is 0.336. The number of imide groups is 1. The molecule has 32 heavy (non-hydrogen) atoms. The smallest absolute Gasteiger partial charge is 0.290 e. The van der Waals surface area contributed by atoms with Gasteiger partial charge in [0.1, 0.15) is 12.3 Å². The summed E-state index contributed by atoms with van der Waals surface area (Å²) >= 11 is 0.918. The molecule has 1 aliphatic heterocycles. The van der Waals surface area contributed by atoms with Crippen LogP contribution in [0.2, 0.25) is 0 Å². The molecule has 2 saturated carbocycles. The summed E-state index contributed by atoms with van der Waals surface area (Å²) in [6.45, 7) is 2.18. The zero-order valence-electron chi connectivity index (χ0n) is 18.5. The summed E-state index contributed by atoms with van der Waals surface area (Å²) < 4.78 is 27.6. The van der Waals surface area contributed by atoms with Gasteiger partial charge in [0, 0.05) is 12.1 Å². The zero-order valence-corrected chi connectivity index (χ0v) is 19.3. The number of benzene rings is 1. The number of rotatable bonds is 6. The molecule has 3 fully saturated rings. The number of carbonyl (C=O) groups is 2. The van der Waals surface area contributed by atoms with Gasteiger partial charge in [-0.15, -0.1) is 0 Å². The topological polar surface area (TPSA) is 58.2 Å². The molecule has 0 spiro atoms. The van der Waals surface area contributed by atoms with Crippen molar-refractivity contribution in [2.24, 2.45) is 11.8 Å². The Balaban J connectivity index is 1.61. The molecule has 174 valence electrons. The molecule has 4 rings (SSSR count). The van der Waals surface area contributed by atoms with E-state index in [1.807, 2.05) is 18.2 Å². The van der Waals surface area contributed by atoms with E-state index < -0.39 is 12.3 Å².